The maximum atomic E-state index is 10.9. The van der Waals surface area contributed by atoms with Gasteiger partial charge >= 0.3 is 0 Å². The summed E-state index contributed by atoms with van der Waals surface area (Å²) in [5, 5.41) is 2.86. The van der Waals surface area contributed by atoms with Crippen LogP contribution in [0.5, 0.6) is 0 Å². The van der Waals surface area contributed by atoms with Crippen LogP contribution in [0.2, 0.25) is 0 Å². The summed E-state index contributed by atoms with van der Waals surface area (Å²) < 4.78 is 5.35. The highest BCUT2D eigenvalue weighted by Gasteiger charge is 2.36. The van der Waals surface area contributed by atoms with Crippen LogP contribution in [-0.2, 0) is 9.53 Å². The van der Waals surface area contributed by atoms with E-state index in [1.807, 2.05) is 6.92 Å². The van der Waals surface area contributed by atoms with Gasteiger partial charge in [-0.1, -0.05) is 6.92 Å². The summed E-state index contributed by atoms with van der Waals surface area (Å²) in [5.41, 5.74) is -0.0369. The summed E-state index contributed by atoms with van der Waals surface area (Å²) in [6.45, 7) is 2.53. The molecule has 1 fully saturated rings. The Kier molecular flexibility index (Phi) is 3.09. The smallest absolute Gasteiger partial charge is 0.219 e. The highest BCUT2D eigenvalue weighted by molar-refractivity contribution is 5.75. The molecule has 0 aromatic rings. The van der Waals surface area contributed by atoms with E-state index < -0.39 is 0 Å². The molecule has 0 aromatic heterocycles. The van der Waals surface area contributed by atoms with Gasteiger partial charge in [-0.15, -0.1) is 0 Å². The maximum absolute atomic E-state index is 10.9. The molecule has 1 amide bonds. The van der Waals surface area contributed by atoms with Crippen molar-refractivity contribution in [2.75, 3.05) is 13.7 Å². The molecule has 1 N–H and O–H groups in total. The predicted octanol–water partition coefficient (Wildman–Crippen LogP) is 1.08. The standard InChI is InChI=1S/C9H17NO2/c1-3-8(11)10-7-9(12-2)5-4-6-9/h3-7H2,1-2H3,(H,10,11). The van der Waals surface area contributed by atoms with Crippen LogP contribution in [0.3, 0.4) is 0 Å². The summed E-state index contributed by atoms with van der Waals surface area (Å²) in [7, 11) is 1.72. The summed E-state index contributed by atoms with van der Waals surface area (Å²) in [5.74, 6) is 0.110. The number of carbonyl (C=O) groups excluding carboxylic acids is 1. The molecule has 0 spiro atoms. The molecule has 1 rings (SSSR count). The minimum Gasteiger partial charge on any atom is -0.376 e. The van der Waals surface area contributed by atoms with Gasteiger partial charge < -0.3 is 10.1 Å². The molecule has 0 radical (unpaired) electrons. The van der Waals surface area contributed by atoms with Crippen molar-refractivity contribution in [3.63, 3.8) is 0 Å². The zero-order valence-electron chi connectivity index (χ0n) is 7.85. The van der Waals surface area contributed by atoms with Crippen molar-refractivity contribution >= 4 is 5.91 Å². The van der Waals surface area contributed by atoms with Crippen LogP contribution in [0, 0.1) is 0 Å². The first-order valence-electron chi connectivity index (χ1n) is 4.54. The summed E-state index contributed by atoms with van der Waals surface area (Å²) in [4.78, 5) is 10.9. The van der Waals surface area contributed by atoms with Crippen LogP contribution in [0.4, 0.5) is 0 Å². The number of methoxy groups -OCH3 is 1. The van der Waals surface area contributed by atoms with E-state index in [1.54, 1.807) is 7.11 Å². The number of carbonyl (C=O) groups is 1. The number of hydrogen-bond acceptors (Lipinski definition) is 2. The lowest BCUT2D eigenvalue weighted by Crippen LogP contribution is -2.49. The zero-order valence-corrected chi connectivity index (χ0v) is 7.85. The van der Waals surface area contributed by atoms with Crippen molar-refractivity contribution in [2.45, 2.75) is 38.2 Å². The monoisotopic (exact) mass is 171 g/mol. The van der Waals surface area contributed by atoms with Gasteiger partial charge in [0.2, 0.25) is 5.91 Å². The molecule has 70 valence electrons. The van der Waals surface area contributed by atoms with Crippen LogP contribution >= 0.6 is 0 Å². The summed E-state index contributed by atoms with van der Waals surface area (Å²) in [6, 6.07) is 0. The van der Waals surface area contributed by atoms with Gasteiger partial charge in [-0.25, -0.2) is 0 Å². The average molecular weight is 171 g/mol. The van der Waals surface area contributed by atoms with E-state index in [0.717, 1.165) is 12.8 Å². The van der Waals surface area contributed by atoms with Gasteiger partial charge in [0, 0.05) is 20.1 Å². The third-order valence-corrected chi connectivity index (χ3v) is 2.63. The second kappa shape index (κ2) is 3.90. The lowest BCUT2D eigenvalue weighted by molar-refractivity contribution is -0.124. The highest BCUT2D eigenvalue weighted by Crippen LogP contribution is 2.34. The quantitative estimate of drug-likeness (QED) is 0.687. The van der Waals surface area contributed by atoms with E-state index in [1.165, 1.54) is 6.42 Å². The van der Waals surface area contributed by atoms with Gasteiger partial charge in [0.05, 0.1) is 5.60 Å². The Morgan fingerprint density at radius 1 is 1.58 bits per heavy atom. The van der Waals surface area contributed by atoms with E-state index >= 15 is 0 Å². The molecule has 0 saturated heterocycles. The zero-order chi connectivity index (χ0) is 9.03. The molecule has 0 heterocycles. The second-order valence-corrected chi connectivity index (χ2v) is 3.37. The van der Waals surface area contributed by atoms with Gasteiger partial charge in [-0.3, -0.25) is 4.79 Å². The fraction of sp³-hybridized carbons (Fsp3) is 0.889. The minimum atomic E-state index is -0.0369. The predicted molar refractivity (Wildman–Crippen MR) is 46.9 cm³/mol. The molecule has 0 atom stereocenters. The topological polar surface area (TPSA) is 38.3 Å². The Morgan fingerprint density at radius 2 is 2.25 bits per heavy atom. The van der Waals surface area contributed by atoms with Crippen molar-refractivity contribution < 1.29 is 9.53 Å². The van der Waals surface area contributed by atoms with Gasteiger partial charge in [0.15, 0.2) is 0 Å². The second-order valence-electron chi connectivity index (χ2n) is 3.37. The molecule has 1 aliphatic rings. The molecule has 0 aliphatic heterocycles. The Balaban J connectivity index is 2.24. The highest BCUT2D eigenvalue weighted by atomic mass is 16.5. The van der Waals surface area contributed by atoms with Crippen molar-refractivity contribution in [3.8, 4) is 0 Å². The number of amides is 1. The molecular weight excluding hydrogens is 154 g/mol. The van der Waals surface area contributed by atoms with Crippen LogP contribution in [-0.4, -0.2) is 25.2 Å². The number of rotatable bonds is 4. The molecule has 0 bridgehead atoms. The fourth-order valence-electron chi connectivity index (χ4n) is 1.41. The van der Waals surface area contributed by atoms with Gasteiger partial charge in [0.25, 0.3) is 0 Å². The van der Waals surface area contributed by atoms with Gasteiger partial charge in [-0.05, 0) is 19.3 Å². The summed E-state index contributed by atoms with van der Waals surface area (Å²) in [6.07, 6.45) is 3.93. The van der Waals surface area contributed by atoms with E-state index in [-0.39, 0.29) is 11.5 Å². The normalized spacial score (nSPS) is 19.8. The fourth-order valence-corrected chi connectivity index (χ4v) is 1.41. The Hall–Kier alpha value is -0.570. The third-order valence-electron chi connectivity index (χ3n) is 2.63. The van der Waals surface area contributed by atoms with Crippen molar-refractivity contribution in [3.05, 3.63) is 0 Å². The van der Waals surface area contributed by atoms with E-state index in [2.05, 4.69) is 5.32 Å². The van der Waals surface area contributed by atoms with Crippen LogP contribution in [0.1, 0.15) is 32.6 Å². The third kappa shape index (κ3) is 1.97. The van der Waals surface area contributed by atoms with E-state index in [9.17, 15) is 4.79 Å². The van der Waals surface area contributed by atoms with Gasteiger partial charge in [0.1, 0.15) is 0 Å². The minimum absolute atomic E-state index is 0.0369. The molecule has 3 heteroatoms. The van der Waals surface area contributed by atoms with E-state index in [0.29, 0.717) is 13.0 Å². The van der Waals surface area contributed by atoms with Crippen LogP contribution in [0.15, 0.2) is 0 Å². The summed E-state index contributed by atoms with van der Waals surface area (Å²) >= 11 is 0. The van der Waals surface area contributed by atoms with Gasteiger partial charge in [-0.2, -0.15) is 0 Å². The molecule has 12 heavy (non-hydrogen) atoms. The average Bonchev–Trinajstić information content (AvgIpc) is 2.03. The first-order chi connectivity index (χ1) is 5.72. The van der Waals surface area contributed by atoms with Crippen molar-refractivity contribution in [1.29, 1.82) is 0 Å². The largest absolute Gasteiger partial charge is 0.376 e. The van der Waals surface area contributed by atoms with Crippen LogP contribution in [0.25, 0.3) is 0 Å². The SMILES string of the molecule is CCC(=O)NCC1(OC)CCC1. The molecule has 3 nitrogen and oxygen atoms in total. The Morgan fingerprint density at radius 3 is 2.58 bits per heavy atom. The van der Waals surface area contributed by atoms with Crippen molar-refractivity contribution in [2.24, 2.45) is 0 Å². The lowest BCUT2D eigenvalue weighted by Gasteiger charge is -2.40. The number of ether oxygens (including phenoxy) is 1. The molecule has 1 saturated carbocycles. The van der Waals surface area contributed by atoms with Crippen LogP contribution < -0.4 is 5.32 Å². The molecule has 0 aromatic carbocycles. The Bertz CT molecular complexity index is 158. The maximum Gasteiger partial charge on any atom is 0.219 e. The molecular formula is C9H17NO2. The first kappa shape index (κ1) is 9.52. The molecule has 1 aliphatic carbocycles. The lowest BCUT2D eigenvalue weighted by atomic mass is 9.80. The Labute approximate surface area is 73.5 Å². The number of nitrogens with one attached hydrogen (secondary N) is 1. The van der Waals surface area contributed by atoms with E-state index in [4.69, 9.17) is 4.74 Å². The number of hydrogen-bond donors (Lipinski definition) is 1. The molecule has 0 unspecified atom stereocenters. The first-order valence-corrected chi connectivity index (χ1v) is 4.54. The van der Waals surface area contributed by atoms with Crippen molar-refractivity contribution in [1.82, 2.24) is 5.32 Å².